The number of hydrogen-bond donors (Lipinski definition) is 2. The van der Waals surface area contributed by atoms with Crippen LogP contribution in [0.3, 0.4) is 0 Å². The molecular formula is C21H25F6N7O3. The number of amides is 1. The van der Waals surface area contributed by atoms with Crippen molar-refractivity contribution in [3.05, 3.63) is 40.1 Å². The molecule has 1 aliphatic rings. The average Bonchev–Trinajstić information content (AvgIpc) is 2.80. The lowest BCUT2D eigenvalue weighted by Crippen LogP contribution is -2.54. The molecule has 1 unspecified atom stereocenters. The first-order valence-electron chi connectivity index (χ1n) is 11.2. The Balaban J connectivity index is 1.44. The second kappa shape index (κ2) is 11.3. The van der Waals surface area contributed by atoms with Gasteiger partial charge in [0.1, 0.15) is 5.56 Å². The van der Waals surface area contributed by atoms with Crippen molar-refractivity contribution in [1.82, 2.24) is 25.1 Å². The summed E-state index contributed by atoms with van der Waals surface area (Å²) in [7, 11) is 0. The van der Waals surface area contributed by atoms with E-state index < -0.39 is 40.8 Å². The fourth-order valence-electron chi connectivity index (χ4n) is 3.80. The van der Waals surface area contributed by atoms with E-state index in [0.717, 1.165) is 6.20 Å². The molecular weight excluding hydrogens is 512 g/mol. The van der Waals surface area contributed by atoms with E-state index in [-0.39, 0.29) is 37.5 Å². The Morgan fingerprint density at radius 3 is 2.43 bits per heavy atom. The van der Waals surface area contributed by atoms with Crippen LogP contribution >= 0.6 is 0 Å². The lowest BCUT2D eigenvalue weighted by molar-refractivity contribution is -0.139. The van der Waals surface area contributed by atoms with Crippen molar-refractivity contribution in [2.24, 2.45) is 0 Å². The summed E-state index contributed by atoms with van der Waals surface area (Å²) < 4.78 is 82.9. The van der Waals surface area contributed by atoms with Gasteiger partial charge in [-0.2, -0.15) is 31.4 Å². The number of piperazine rings is 1. The van der Waals surface area contributed by atoms with Gasteiger partial charge < -0.3 is 19.9 Å². The zero-order valence-electron chi connectivity index (χ0n) is 19.9. The standard InChI is InChI=1S/C21H25F6N7O3/c1-12(31-15-9-30-32-18(36)17(15)21(25,26)27)11-37-6-3-16(35)34-5-4-33(10-13(34)2)19-28-7-14(8-29-19)20(22,23)24/h7-9,12-13H,3-6,10-11H2,1-2H3,(H2,31,32,36)/t12-,13?/m0/s1. The van der Waals surface area contributed by atoms with Gasteiger partial charge in [0.15, 0.2) is 0 Å². The smallest absolute Gasteiger partial charge is 0.379 e. The van der Waals surface area contributed by atoms with E-state index in [9.17, 15) is 35.9 Å². The highest BCUT2D eigenvalue weighted by Crippen LogP contribution is 2.31. The third-order valence-electron chi connectivity index (χ3n) is 5.57. The number of aromatic nitrogens is 4. The topological polar surface area (TPSA) is 116 Å². The summed E-state index contributed by atoms with van der Waals surface area (Å²) in [6, 6.07) is -0.886. The predicted molar refractivity (Wildman–Crippen MR) is 119 cm³/mol. The summed E-state index contributed by atoms with van der Waals surface area (Å²) in [6.45, 7) is 4.27. The van der Waals surface area contributed by atoms with E-state index in [2.05, 4.69) is 20.4 Å². The first-order valence-corrected chi connectivity index (χ1v) is 11.2. The number of carbonyl (C=O) groups is 1. The van der Waals surface area contributed by atoms with Gasteiger partial charge in [0.05, 0.1) is 37.1 Å². The van der Waals surface area contributed by atoms with Crippen LogP contribution in [0.2, 0.25) is 0 Å². The van der Waals surface area contributed by atoms with Gasteiger partial charge in [0.25, 0.3) is 5.56 Å². The number of anilines is 2. The molecule has 2 N–H and O–H groups in total. The number of nitrogens with one attached hydrogen (secondary N) is 2. The maximum atomic E-state index is 13.1. The van der Waals surface area contributed by atoms with E-state index in [1.54, 1.807) is 28.7 Å². The number of hydrogen-bond acceptors (Lipinski definition) is 8. The van der Waals surface area contributed by atoms with Gasteiger partial charge in [-0.1, -0.05) is 0 Å². The molecule has 2 aromatic heterocycles. The minimum atomic E-state index is -4.87. The van der Waals surface area contributed by atoms with Crippen molar-refractivity contribution in [1.29, 1.82) is 0 Å². The fourth-order valence-corrected chi connectivity index (χ4v) is 3.80. The molecule has 0 saturated carbocycles. The van der Waals surface area contributed by atoms with Gasteiger partial charge in [0.2, 0.25) is 11.9 Å². The van der Waals surface area contributed by atoms with E-state index in [1.165, 1.54) is 0 Å². The van der Waals surface area contributed by atoms with Gasteiger partial charge in [-0.25, -0.2) is 15.1 Å². The molecule has 16 heteroatoms. The lowest BCUT2D eigenvalue weighted by atomic mass is 10.2. The highest BCUT2D eigenvalue weighted by Gasteiger charge is 2.37. The molecule has 2 atom stereocenters. The number of rotatable bonds is 8. The number of alkyl halides is 6. The third-order valence-corrected chi connectivity index (χ3v) is 5.57. The molecule has 3 rings (SSSR count). The molecule has 0 bridgehead atoms. The fraction of sp³-hybridized carbons (Fsp3) is 0.571. The number of nitrogens with zero attached hydrogens (tertiary/aromatic N) is 5. The van der Waals surface area contributed by atoms with Crippen LogP contribution in [0.15, 0.2) is 23.4 Å². The van der Waals surface area contributed by atoms with Crippen LogP contribution < -0.4 is 15.8 Å². The second-order valence-corrected chi connectivity index (χ2v) is 8.51. The molecule has 1 fully saturated rings. The molecule has 0 aromatic carbocycles. The Kier molecular flexibility index (Phi) is 8.60. The summed E-state index contributed by atoms with van der Waals surface area (Å²) in [5.74, 6) is -0.0692. The molecule has 1 aliphatic heterocycles. The van der Waals surface area contributed by atoms with Crippen LogP contribution in [0, 0.1) is 0 Å². The molecule has 0 aliphatic carbocycles. The molecule has 10 nitrogen and oxygen atoms in total. The van der Waals surface area contributed by atoms with Crippen molar-refractivity contribution in [2.45, 2.75) is 44.7 Å². The zero-order chi connectivity index (χ0) is 27.4. The number of ether oxygens (including phenoxy) is 1. The maximum Gasteiger partial charge on any atom is 0.423 e. The molecule has 1 saturated heterocycles. The molecule has 3 heterocycles. The van der Waals surface area contributed by atoms with Gasteiger partial charge in [-0.15, -0.1) is 0 Å². The minimum Gasteiger partial charge on any atom is -0.379 e. The van der Waals surface area contributed by atoms with Crippen molar-refractivity contribution in [3.8, 4) is 0 Å². The monoisotopic (exact) mass is 537 g/mol. The van der Waals surface area contributed by atoms with Crippen LogP contribution in [0.5, 0.6) is 0 Å². The normalized spacial score (nSPS) is 17.6. The van der Waals surface area contributed by atoms with Crippen LogP contribution in [0.25, 0.3) is 0 Å². The number of carbonyl (C=O) groups excluding carboxylic acids is 1. The van der Waals surface area contributed by atoms with Crippen LogP contribution in [0.4, 0.5) is 38.0 Å². The molecule has 0 radical (unpaired) electrons. The third kappa shape index (κ3) is 7.30. The van der Waals surface area contributed by atoms with Crippen molar-refractivity contribution in [2.75, 3.05) is 43.1 Å². The minimum absolute atomic E-state index is 0.0134. The van der Waals surface area contributed by atoms with Gasteiger partial charge >= 0.3 is 12.4 Å². The number of aromatic amines is 1. The second-order valence-electron chi connectivity index (χ2n) is 8.51. The molecule has 0 spiro atoms. The quantitative estimate of drug-likeness (QED) is 0.390. The molecule has 2 aromatic rings. The van der Waals surface area contributed by atoms with E-state index in [1.807, 2.05) is 0 Å². The van der Waals surface area contributed by atoms with Crippen LogP contribution in [0.1, 0.15) is 31.4 Å². The van der Waals surface area contributed by atoms with E-state index >= 15 is 0 Å². The van der Waals surface area contributed by atoms with Gasteiger partial charge in [-0.05, 0) is 13.8 Å². The van der Waals surface area contributed by atoms with Crippen molar-refractivity contribution < 1.29 is 35.9 Å². The first kappa shape index (κ1) is 28.1. The molecule has 37 heavy (non-hydrogen) atoms. The summed E-state index contributed by atoms with van der Waals surface area (Å²) in [6.07, 6.45) is -7.08. The summed E-state index contributed by atoms with van der Waals surface area (Å²) in [5.41, 5.74) is -4.18. The average molecular weight is 537 g/mol. The summed E-state index contributed by atoms with van der Waals surface area (Å²) >= 11 is 0. The predicted octanol–water partition coefficient (Wildman–Crippen LogP) is 2.54. The lowest BCUT2D eigenvalue weighted by Gasteiger charge is -2.40. The molecule has 204 valence electrons. The van der Waals surface area contributed by atoms with Gasteiger partial charge in [0, 0.05) is 44.1 Å². The van der Waals surface area contributed by atoms with Crippen LogP contribution in [-0.2, 0) is 21.9 Å². The van der Waals surface area contributed by atoms with Crippen molar-refractivity contribution in [3.63, 3.8) is 0 Å². The van der Waals surface area contributed by atoms with Crippen LogP contribution in [-0.4, -0.2) is 75.9 Å². The van der Waals surface area contributed by atoms with E-state index in [0.29, 0.717) is 32.0 Å². The van der Waals surface area contributed by atoms with Gasteiger partial charge in [-0.3, -0.25) is 9.59 Å². The summed E-state index contributed by atoms with van der Waals surface area (Å²) in [4.78, 5) is 35.0. The van der Waals surface area contributed by atoms with E-state index in [4.69, 9.17) is 4.74 Å². The highest BCUT2D eigenvalue weighted by molar-refractivity contribution is 5.77. The Labute approximate surface area is 207 Å². The number of halogens is 6. The Bertz CT molecular complexity index is 1120. The summed E-state index contributed by atoms with van der Waals surface area (Å²) in [5, 5.41) is 7.68. The Morgan fingerprint density at radius 1 is 1.16 bits per heavy atom. The highest BCUT2D eigenvalue weighted by atomic mass is 19.4. The number of H-pyrrole nitrogens is 1. The van der Waals surface area contributed by atoms with Crippen molar-refractivity contribution >= 4 is 17.5 Å². The first-order chi connectivity index (χ1) is 17.3. The zero-order valence-corrected chi connectivity index (χ0v) is 19.9. The SMILES string of the molecule is CC1CN(c2ncc(C(F)(F)F)cn2)CCN1C(=O)CCOC[C@H](C)Nc1cn[nH]c(=O)c1C(F)(F)F. The Hall–Kier alpha value is -3.43. The maximum absolute atomic E-state index is 13.1. The molecule has 1 amide bonds. The Morgan fingerprint density at radius 2 is 1.84 bits per heavy atom. The largest absolute Gasteiger partial charge is 0.423 e.